The molecule has 1 saturated heterocycles. The number of nitrogens with one attached hydrogen (secondary N) is 1. The van der Waals surface area contributed by atoms with Gasteiger partial charge in [-0.05, 0) is 38.2 Å². The molecule has 0 unspecified atom stereocenters. The largest absolute Gasteiger partial charge is 0.337 e. The van der Waals surface area contributed by atoms with Crippen molar-refractivity contribution in [3.63, 3.8) is 0 Å². The van der Waals surface area contributed by atoms with E-state index in [1.807, 2.05) is 4.90 Å². The zero-order chi connectivity index (χ0) is 17.4. The fourth-order valence-corrected chi connectivity index (χ4v) is 5.13. The first-order chi connectivity index (χ1) is 12.1. The number of carbonyl (C=O) groups is 1. The summed E-state index contributed by atoms with van der Waals surface area (Å²) in [6.07, 6.45) is 6.35. The van der Waals surface area contributed by atoms with Crippen LogP contribution in [0.15, 0.2) is 11.1 Å². The van der Waals surface area contributed by atoms with Crippen LogP contribution in [0, 0.1) is 0 Å². The minimum absolute atomic E-state index is 0.0190. The lowest BCUT2D eigenvalue weighted by Crippen LogP contribution is -2.52. The van der Waals surface area contributed by atoms with Crippen molar-refractivity contribution in [2.45, 2.75) is 51.6 Å². The Morgan fingerprint density at radius 2 is 2.24 bits per heavy atom. The molecule has 0 spiro atoms. The number of carbonyl (C=O) groups excluding carboxylic acids is 1. The molecule has 6 nitrogen and oxygen atoms in total. The Hall–Kier alpha value is -1.73. The summed E-state index contributed by atoms with van der Waals surface area (Å²) in [4.78, 5) is 34.0. The van der Waals surface area contributed by atoms with Crippen molar-refractivity contribution in [3.8, 4) is 0 Å². The zero-order valence-electron chi connectivity index (χ0n) is 14.6. The molecule has 2 aromatic heterocycles. The van der Waals surface area contributed by atoms with Crippen molar-refractivity contribution < 1.29 is 4.79 Å². The molecule has 2 aromatic rings. The molecule has 3 heterocycles. The number of nitrogens with zero attached hydrogens (tertiary/aromatic N) is 3. The van der Waals surface area contributed by atoms with Gasteiger partial charge < -0.3 is 10.2 Å². The van der Waals surface area contributed by atoms with E-state index in [2.05, 4.69) is 17.2 Å². The quantitative estimate of drug-likeness (QED) is 0.902. The van der Waals surface area contributed by atoms with Crippen LogP contribution >= 0.6 is 11.3 Å². The number of piperazine rings is 1. The molecular formula is C18H24N4O2S. The highest BCUT2D eigenvalue weighted by Gasteiger charge is 2.23. The van der Waals surface area contributed by atoms with Gasteiger partial charge in [0.2, 0.25) is 5.91 Å². The van der Waals surface area contributed by atoms with E-state index in [1.165, 1.54) is 16.9 Å². The van der Waals surface area contributed by atoms with Gasteiger partial charge in [-0.15, -0.1) is 11.3 Å². The fourth-order valence-electron chi connectivity index (χ4n) is 3.91. The molecule has 0 radical (unpaired) electrons. The molecule has 2 aliphatic rings. The SMILES string of the molecule is C[C@@H]1CNCCN1C(=O)CCn1cnc2sc3c(c2c1=O)CCCC3. The smallest absolute Gasteiger partial charge is 0.262 e. The molecule has 0 saturated carbocycles. The second-order valence-electron chi connectivity index (χ2n) is 7.02. The molecular weight excluding hydrogens is 336 g/mol. The number of aromatic nitrogens is 2. The van der Waals surface area contributed by atoms with E-state index in [0.717, 1.165) is 49.1 Å². The van der Waals surface area contributed by atoms with Crippen LogP contribution in [0.1, 0.15) is 36.6 Å². The van der Waals surface area contributed by atoms with E-state index >= 15 is 0 Å². The molecule has 7 heteroatoms. The van der Waals surface area contributed by atoms with Gasteiger partial charge in [-0.3, -0.25) is 14.2 Å². The summed E-state index contributed by atoms with van der Waals surface area (Å²) in [7, 11) is 0. The molecule has 0 bridgehead atoms. The summed E-state index contributed by atoms with van der Waals surface area (Å²) >= 11 is 1.66. The summed E-state index contributed by atoms with van der Waals surface area (Å²) in [5.41, 5.74) is 1.23. The van der Waals surface area contributed by atoms with Crippen LogP contribution in [0.25, 0.3) is 10.2 Å². The minimum atomic E-state index is 0.0190. The van der Waals surface area contributed by atoms with Gasteiger partial charge in [-0.25, -0.2) is 4.98 Å². The Kier molecular flexibility index (Phi) is 4.60. The normalized spacial score (nSPS) is 20.7. The Morgan fingerprint density at radius 1 is 1.40 bits per heavy atom. The molecule has 4 rings (SSSR count). The third-order valence-corrected chi connectivity index (χ3v) is 6.53. The van der Waals surface area contributed by atoms with E-state index in [-0.39, 0.29) is 17.5 Å². The predicted molar refractivity (Wildman–Crippen MR) is 99.2 cm³/mol. The van der Waals surface area contributed by atoms with E-state index in [9.17, 15) is 9.59 Å². The van der Waals surface area contributed by atoms with Gasteiger partial charge in [-0.2, -0.15) is 0 Å². The van der Waals surface area contributed by atoms with Crippen LogP contribution in [0.5, 0.6) is 0 Å². The molecule has 134 valence electrons. The van der Waals surface area contributed by atoms with Crippen molar-refractivity contribution in [1.82, 2.24) is 19.8 Å². The van der Waals surface area contributed by atoms with Gasteiger partial charge in [0.25, 0.3) is 5.56 Å². The molecule has 1 amide bonds. The Morgan fingerprint density at radius 3 is 3.08 bits per heavy atom. The van der Waals surface area contributed by atoms with Gasteiger partial charge in [0.1, 0.15) is 4.83 Å². The summed E-state index contributed by atoms with van der Waals surface area (Å²) in [5.74, 6) is 0.119. The lowest BCUT2D eigenvalue weighted by atomic mass is 9.97. The van der Waals surface area contributed by atoms with Gasteiger partial charge in [-0.1, -0.05) is 0 Å². The Balaban J connectivity index is 1.54. The number of aryl methyl sites for hydroxylation is 3. The van der Waals surface area contributed by atoms with Gasteiger partial charge in [0, 0.05) is 43.5 Å². The summed E-state index contributed by atoms with van der Waals surface area (Å²) in [6.45, 7) is 4.87. The molecule has 1 fully saturated rings. The van der Waals surface area contributed by atoms with Crippen molar-refractivity contribution in [2.24, 2.45) is 0 Å². The van der Waals surface area contributed by atoms with Crippen LogP contribution in [-0.4, -0.2) is 46.0 Å². The van der Waals surface area contributed by atoms with Crippen molar-refractivity contribution in [3.05, 3.63) is 27.1 Å². The fraction of sp³-hybridized carbons (Fsp3) is 0.611. The van der Waals surface area contributed by atoms with Crippen LogP contribution in [0.4, 0.5) is 0 Å². The van der Waals surface area contributed by atoms with E-state index in [0.29, 0.717) is 13.0 Å². The highest BCUT2D eigenvalue weighted by molar-refractivity contribution is 7.18. The second kappa shape index (κ2) is 6.88. The topological polar surface area (TPSA) is 67.2 Å². The zero-order valence-corrected chi connectivity index (χ0v) is 15.4. The van der Waals surface area contributed by atoms with Crippen molar-refractivity contribution in [2.75, 3.05) is 19.6 Å². The highest BCUT2D eigenvalue weighted by atomic mass is 32.1. The molecule has 1 N–H and O–H groups in total. The first kappa shape index (κ1) is 16.7. The lowest BCUT2D eigenvalue weighted by Gasteiger charge is -2.34. The number of amides is 1. The molecule has 1 atom stereocenters. The monoisotopic (exact) mass is 360 g/mol. The number of thiophene rings is 1. The average Bonchev–Trinajstić information content (AvgIpc) is 3.00. The average molecular weight is 360 g/mol. The third-order valence-electron chi connectivity index (χ3n) is 5.33. The molecule has 25 heavy (non-hydrogen) atoms. The van der Waals surface area contributed by atoms with Gasteiger partial charge in [0.15, 0.2) is 0 Å². The summed E-state index contributed by atoms with van der Waals surface area (Å²) in [6, 6.07) is 0.211. The first-order valence-corrected chi connectivity index (χ1v) is 9.96. The number of hydrogen-bond donors (Lipinski definition) is 1. The summed E-state index contributed by atoms with van der Waals surface area (Å²) in [5, 5.41) is 4.09. The van der Waals surface area contributed by atoms with E-state index in [4.69, 9.17) is 0 Å². The van der Waals surface area contributed by atoms with Crippen molar-refractivity contribution in [1.29, 1.82) is 0 Å². The van der Waals surface area contributed by atoms with Crippen molar-refractivity contribution >= 4 is 27.5 Å². The molecule has 1 aliphatic heterocycles. The van der Waals surface area contributed by atoms with Crippen LogP contribution in [0.3, 0.4) is 0 Å². The maximum Gasteiger partial charge on any atom is 0.262 e. The second-order valence-corrected chi connectivity index (χ2v) is 8.11. The molecule has 1 aliphatic carbocycles. The van der Waals surface area contributed by atoms with E-state index in [1.54, 1.807) is 22.2 Å². The van der Waals surface area contributed by atoms with Crippen LogP contribution in [0.2, 0.25) is 0 Å². The number of hydrogen-bond acceptors (Lipinski definition) is 5. The van der Waals surface area contributed by atoms with Gasteiger partial charge in [0.05, 0.1) is 11.7 Å². The Labute approximate surface area is 150 Å². The first-order valence-electron chi connectivity index (χ1n) is 9.15. The van der Waals surface area contributed by atoms with Crippen LogP contribution < -0.4 is 10.9 Å². The minimum Gasteiger partial charge on any atom is -0.337 e. The van der Waals surface area contributed by atoms with Gasteiger partial charge >= 0.3 is 0 Å². The maximum absolute atomic E-state index is 12.9. The summed E-state index contributed by atoms with van der Waals surface area (Å²) < 4.78 is 1.62. The lowest BCUT2D eigenvalue weighted by molar-refractivity contribution is -0.134. The maximum atomic E-state index is 12.9. The molecule has 0 aromatic carbocycles. The third kappa shape index (κ3) is 3.11. The number of fused-ring (bicyclic) bond motifs is 3. The highest BCUT2D eigenvalue weighted by Crippen LogP contribution is 2.33. The predicted octanol–water partition coefficient (Wildman–Crippen LogP) is 1.55. The van der Waals surface area contributed by atoms with E-state index < -0.39 is 0 Å². The Bertz CT molecular complexity index is 857. The van der Waals surface area contributed by atoms with Crippen LogP contribution in [-0.2, 0) is 24.2 Å². The number of rotatable bonds is 3. The standard InChI is InChI=1S/C18H24N4O2S/c1-12-10-19-7-9-22(12)15(23)6-8-21-11-20-17-16(18(21)24)13-4-2-3-5-14(13)25-17/h11-12,19H,2-10H2,1H3/t12-/m1/s1.